The Morgan fingerprint density at radius 2 is 2.40 bits per heavy atom. The standard InChI is InChI=1S/C10H15BrN2O2/c1-2-13-7-8(11)6-9(13)10(15)12-4-3-5-14/h6-7,14H,2-5H2,1H3,(H,12,15). The van der Waals surface area contributed by atoms with Crippen molar-refractivity contribution in [1.82, 2.24) is 9.88 Å². The number of aromatic nitrogens is 1. The van der Waals surface area contributed by atoms with E-state index in [1.54, 1.807) is 6.07 Å². The van der Waals surface area contributed by atoms with E-state index in [2.05, 4.69) is 21.2 Å². The Bertz CT molecular complexity index is 336. The molecule has 4 nitrogen and oxygen atoms in total. The number of nitrogens with one attached hydrogen (secondary N) is 1. The molecule has 0 aliphatic heterocycles. The van der Waals surface area contributed by atoms with Crippen LogP contribution in [0.15, 0.2) is 16.7 Å². The minimum absolute atomic E-state index is 0.0960. The van der Waals surface area contributed by atoms with Crippen molar-refractivity contribution in [2.45, 2.75) is 19.9 Å². The SMILES string of the molecule is CCn1cc(Br)cc1C(=O)NCCCO. The summed E-state index contributed by atoms with van der Waals surface area (Å²) in [4.78, 5) is 11.7. The second-order valence-electron chi connectivity index (χ2n) is 3.16. The fourth-order valence-electron chi connectivity index (χ4n) is 1.30. The Hall–Kier alpha value is -0.810. The van der Waals surface area contributed by atoms with Crippen LogP contribution in [0.2, 0.25) is 0 Å². The molecule has 1 aromatic heterocycles. The fourth-order valence-corrected chi connectivity index (χ4v) is 1.76. The van der Waals surface area contributed by atoms with Crippen LogP contribution in [0.3, 0.4) is 0 Å². The van der Waals surface area contributed by atoms with Crippen LogP contribution >= 0.6 is 15.9 Å². The first-order valence-corrected chi connectivity index (χ1v) is 5.73. The summed E-state index contributed by atoms with van der Waals surface area (Å²) >= 11 is 3.33. The second kappa shape index (κ2) is 5.92. The van der Waals surface area contributed by atoms with Crippen LogP contribution in [0.1, 0.15) is 23.8 Å². The van der Waals surface area contributed by atoms with Crippen LogP contribution in [0.4, 0.5) is 0 Å². The topological polar surface area (TPSA) is 54.3 Å². The highest BCUT2D eigenvalue weighted by Gasteiger charge is 2.10. The molecule has 0 atom stereocenters. The molecule has 5 heteroatoms. The number of aliphatic hydroxyl groups is 1. The molecule has 84 valence electrons. The molecule has 0 fully saturated rings. The van der Waals surface area contributed by atoms with Gasteiger partial charge >= 0.3 is 0 Å². The van der Waals surface area contributed by atoms with E-state index < -0.39 is 0 Å². The first-order chi connectivity index (χ1) is 7.19. The fraction of sp³-hybridized carbons (Fsp3) is 0.500. The van der Waals surface area contributed by atoms with Crippen molar-refractivity contribution < 1.29 is 9.90 Å². The summed E-state index contributed by atoms with van der Waals surface area (Å²) < 4.78 is 2.77. The monoisotopic (exact) mass is 274 g/mol. The van der Waals surface area contributed by atoms with Crippen molar-refractivity contribution in [2.75, 3.05) is 13.2 Å². The van der Waals surface area contributed by atoms with E-state index in [-0.39, 0.29) is 12.5 Å². The zero-order chi connectivity index (χ0) is 11.3. The Morgan fingerprint density at radius 1 is 1.67 bits per heavy atom. The summed E-state index contributed by atoms with van der Waals surface area (Å²) in [5.74, 6) is -0.101. The van der Waals surface area contributed by atoms with Gasteiger partial charge < -0.3 is 15.0 Å². The lowest BCUT2D eigenvalue weighted by Crippen LogP contribution is -2.27. The summed E-state index contributed by atoms with van der Waals surface area (Å²) in [6.07, 6.45) is 2.46. The van der Waals surface area contributed by atoms with Gasteiger partial charge in [0, 0.05) is 30.4 Å². The van der Waals surface area contributed by atoms with Crippen LogP contribution in [0.25, 0.3) is 0 Å². The molecule has 0 aliphatic carbocycles. The molecule has 0 spiro atoms. The van der Waals surface area contributed by atoms with Crippen LogP contribution in [-0.2, 0) is 6.54 Å². The zero-order valence-electron chi connectivity index (χ0n) is 8.66. The third-order valence-electron chi connectivity index (χ3n) is 2.06. The van der Waals surface area contributed by atoms with Gasteiger partial charge in [0.25, 0.3) is 5.91 Å². The van der Waals surface area contributed by atoms with E-state index in [0.29, 0.717) is 18.7 Å². The molecule has 1 amide bonds. The van der Waals surface area contributed by atoms with Gasteiger partial charge in [0.1, 0.15) is 5.69 Å². The molecule has 2 N–H and O–H groups in total. The van der Waals surface area contributed by atoms with E-state index in [4.69, 9.17) is 5.11 Å². The number of nitrogens with zero attached hydrogens (tertiary/aromatic N) is 1. The van der Waals surface area contributed by atoms with E-state index in [1.165, 1.54) is 0 Å². The number of hydrogen-bond acceptors (Lipinski definition) is 2. The van der Waals surface area contributed by atoms with Crippen molar-refractivity contribution in [1.29, 1.82) is 0 Å². The number of carbonyl (C=O) groups excluding carboxylic acids is 1. The van der Waals surface area contributed by atoms with Crippen LogP contribution < -0.4 is 5.32 Å². The number of aliphatic hydroxyl groups excluding tert-OH is 1. The Kier molecular flexibility index (Phi) is 4.84. The highest BCUT2D eigenvalue weighted by molar-refractivity contribution is 9.10. The molecule has 0 bridgehead atoms. The van der Waals surface area contributed by atoms with Gasteiger partial charge in [0.15, 0.2) is 0 Å². The van der Waals surface area contributed by atoms with Crippen LogP contribution in [0, 0.1) is 0 Å². The summed E-state index contributed by atoms with van der Waals surface area (Å²) in [6.45, 7) is 3.34. The zero-order valence-corrected chi connectivity index (χ0v) is 10.2. The lowest BCUT2D eigenvalue weighted by atomic mass is 10.3. The number of rotatable bonds is 5. The molecule has 0 unspecified atom stereocenters. The Morgan fingerprint density at radius 3 is 3.00 bits per heavy atom. The Balaban J connectivity index is 2.64. The number of aryl methyl sites for hydroxylation is 1. The maximum atomic E-state index is 11.7. The molecule has 0 aliphatic rings. The minimum atomic E-state index is -0.101. The van der Waals surface area contributed by atoms with Gasteiger partial charge in [-0.2, -0.15) is 0 Å². The molecule has 0 aromatic carbocycles. The average molecular weight is 275 g/mol. The molecule has 15 heavy (non-hydrogen) atoms. The number of halogens is 1. The lowest BCUT2D eigenvalue weighted by molar-refractivity contribution is 0.0942. The lowest BCUT2D eigenvalue weighted by Gasteiger charge is -2.06. The normalized spacial score (nSPS) is 10.3. The Labute approximate surface area is 97.4 Å². The minimum Gasteiger partial charge on any atom is -0.396 e. The van der Waals surface area contributed by atoms with Crippen LogP contribution in [0.5, 0.6) is 0 Å². The third-order valence-corrected chi connectivity index (χ3v) is 2.49. The second-order valence-corrected chi connectivity index (χ2v) is 4.08. The maximum absolute atomic E-state index is 11.7. The highest BCUT2D eigenvalue weighted by Crippen LogP contribution is 2.14. The molecular weight excluding hydrogens is 260 g/mol. The van der Waals surface area contributed by atoms with E-state index >= 15 is 0 Å². The summed E-state index contributed by atoms with van der Waals surface area (Å²) in [7, 11) is 0. The van der Waals surface area contributed by atoms with Crippen molar-refractivity contribution in [2.24, 2.45) is 0 Å². The summed E-state index contributed by atoms with van der Waals surface area (Å²) in [6, 6.07) is 1.79. The molecule has 1 rings (SSSR count). The van der Waals surface area contributed by atoms with Gasteiger partial charge in [-0.3, -0.25) is 4.79 Å². The number of hydrogen-bond donors (Lipinski definition) is 2. The predicted molar refractivity (Wildman–Crippen MR) is 61.8 cm³/mol. The number of carbonyl (C=O) groups is 1. The first-order valence-electron chi connectivity index (χ1n) is 4.93. The quantitative estimate of drug-likeness (QED) is 0.798. The smallest absolute Gasteiger partial charge is 0.267 e. The van der Waals surface area contributed by atoms with E-state index in [0.717, 1.165) is 11.0 Å². The van der Waals surface area contributed by atoms with Gasteiger partial charge in [-0.05, 0) is 35.3 Å². The van der Waals surface area contributed by atoms with Crippen molar-refractivity contribution in [3.8, 4) is 0 Å². The molecule has 1 aromatic rings. The van der Waals surface area contributed by atoms with Crippen molar-refractivity contribution >= 4 is 21.8 Å². The van der Waals surface area contributed by atoms with Crippen molar-refractivity contribution in [3.63, 3.8) is 0 Å². The molecule has 1 heterocycles. The number of amides is 1. The third kappa shape index (κ3) is 3.35. The van der Waals surface area contributed by atoms with E-state index in [1.807, 2.05) is 17.7 Å². The summed E-state index contributed by atoms with van der Waals surface area (Å²) in [5, 5.41) is 11.3. The van der Waals surface area contributed by atoms with Gasteiger partial charge in [-0.1, -0.05) is 0 Å². The van der Waals surface area contributed by atoms with Gasteiger partial charge in [0.05, 0.1) is 0 Å². The van der Waals surface area contributed by atoms with E-state index in [9.17, 15) is 4.79 Å². The molecule has 0 radical (unpaired) electrons. The maximum Gasteiger partial charge on any atom is 0.267 e. The largest absolute Gasteiger partial charge is 0.396 e. The molecule has 0 saturated carbocycles. The predicted octanol–water partition coefficient (Wildman–Crippen LogP) is 1.38. The average Bonchev–Trinajstić information content (AvgIpc) is 2.60. The molecular formula is C10H15BrN2O2. The van der Waals surface area contributed by atoms with Crippen molar-refractivity contribution in [3.05, 3.63) is 22.4 Å². The highest BCUT2D eigenvalue weighted by atomic mass is 79.9. The summed E-state index contributed by atoms with van der Waals surface area (Å²) in [5.41, 5.74) is 0.641. The van der Waals surface area contributed by atoms with Crippen LogP contribution in [-0.4, -0.2) is 28.7 Å². The first kappa shape index (κ1) is 12.3. The van der Waals surface area contributed by atoms with Gasteiger partial charge in [-0.15, -0.1) is 0 Å². The van der Waals surface area contributed by atoms with Gasteiger partial charge in [-0.25, -0.2) is 0 Å². The van der Waals surface area contributed by atoms with Gasteiger partial charge in [0.2, 0.25) is 0 Å². The molecule has 0 saturated heterocycles.